The Hall–Kier alpha value is -0.260. The number of hydrogen-bond acceptors (Lipinski definition) is 0. The first kappa shape index (κ1) is 22.9. The summed E-state index contributed by atoms with van der Waals surface area (Å²) in [6.45, 7) is 15.1. The van der Waals surface area contributed by atoms with Crippen LogP contribution >= 0.6 is 0 Å². The molecule has 0 aromatic heterocycles. The second kappa shape index (κ2) is 8.94. The first-order chi connectivity index (χ1) is 14.3. The summed E-state index contributed by atoms with van der Waals surface area (Å²) < 4.78 is 0. The Kier molecular flexibility index (Phi) is 6.83. The topological polar surface area (TPSA) is 0 Å². The average Bonchev–Trinajstić information content (AvgIpc) is 3.07. The lowest BCUT2D eigenvalue weighted by atomic mass is 9.46. The second-order valence-electron chi connectivity index (χ2n) is 13.0. The Bertz CT molecular complexity index is 614. The summed E-state index contributed by atoms with van der Waals surface area (Å²) in [5.74, 6) is 6.84. The highest BCUT2D eigenvalue weighted by Crippen LogP contribution is 2.67. The van der Waals surface area contributed by atoms with Gasteiger partial charge in [-0.25, -0.2) is 0 Å². The third kappa shape index (κ3) is 3.85. The Morgan fingerprint density at radius 2 is 1.77 bits per heavy atom. The van der Waals surface area contributed by atoms with Crippen molar-refractivity contribution in [1.82, 2.24) is 0 Å². The van der Waals surface area contributed by atoms with E-state index in [9.17, 15) is 0 Å². The SMILES string of the molecule is CC[C@H]1CC[C@@]2(C)C(=CCC3C2CC[C@@]2(C)C3CC[C@@H]2[C@H](CC)CCCC(C)C)C1. The highest BCUT2D eigenvalue weighted by Gasteiger charge is 2.59. The Labute approximate surface area is 189 Å². The molecule has 3 unspecified atom stereocenters. The van der Waals surface area contributed by atoms with E-state index >= 15 is 0 Å². The van der Waals surface area contributed by atoms with Gasteiger partial charge in [-0.15, -0.1) is 0 Å². The quantitative estimate of drug-likeness (QED) is 0.365. The van der Waals surface area contributed by atoms with Crippen molar-refractivity contribution >= 4 is 0 Å². The molecule has 30 heavy (non-hydrogen) atoms. The van der Waals surface area contributed by atoms with E-state index < -0.39 is 0 Å². The molecule has 0 heteroatoms. The van der Waals surface area contributed by atoms with Crippen LogP contribution in [0.4, 0.5) is 0 Å². The smallest absolute Gasteiger partial charge is 0.00851 e. The molecule has 3 saturated carbocycles. The van der Waals surface area contributed by atoms with Crippen LogP contribution < -0.4 is 0 Å². The van der Waals surface area contributed by atoms with Gasteiger partial charge in [0.05, 0.1) is 0 Å². The lowest BCUT2D eigenvalue weighted by Crippen LogP contribution is -2.50. The zero-order valence-electron chi connectivity index (χ0n) is 21.3. The fraction of sp³-hybridized carbons (Fsp3) is 0.933. The first-order valence-corrected chi connectivity index (χ1v) is 14.0. The zero-order chi connectivity index (χ0) is 21.5. The predicted molar refractivity (Wildman–Crippen MR) is 131 cm³/mol. The predicted octanol–water partition coefficient (Wildman–Crippen LogP) is 9.44. The van der Waals surface area contributed by atoms with Crippen molar-refractivity contribution in [3.8, 4) is 0 Å². The van der Waals surface area contributed by atoms with E-state index in [-0.39, 0.29) is 0 Å². The molecule has 0 aromatic carbocycles. The minimum atomic E-state index is 0.551. The largest absolute Gasteiger partial charge is 0.0845 e. The average molecular weight is 413 g/mol. The summed E-state index contributed by atoms with van der Waals surface area (Å²) in [7, 11) is 0. The molecule has 3 fully saturated rings. The fourth-order valence-electron chi connectivity index (χ4n) is 9.38. The Morgan fingerprint density at radius 3 is 2.47 bits per heavy atom. The van der Waals surface area contributed by atoms with Gasteiger partial charge in [-0.3, -0.25) is 0 Å². The van der Waals surface area contributed by atoms with Crippen molar-refractivity contribution in [2.24, 2.45) is 52.3 Å². The monoisotopic (exact) mass is 412 g/mol. The summed E-state index contributed by atoms with van der Waals surface area (Å²) in [4.78, 5) is 0. The number of fused-ring (bicyclic) bond motifs is 5. The Morgan fingerprint density at radius 1 is 0.967 bits per heavy atom. The highest BCUT2D eigenvalue weighted by atomic mass is 14.6. The lowest BCUT2D eigenvalue weighted by Gasteiger charge is -2.58. The molecule has 0 aliphatic heterocycles. The first-order valence-electron chi connectivity index (χ1n) is 14.0. The van der Waals surface area contributed by atoms with Crippen LogP contribution in [0.25, 0.3) is 0 Å². The Balaban J connectivity index is 1.50. The molecular weight excluding hydrogens is 360 g/mol. The van der Waals surface area contributed by atoms with Crippen LogP contribution in [0.5, 0.6) is 0 Å². The maximum absolute atomic E-state index is 2.78. The zero-order valence-corrected chi connectivity index (χ0v) is 21.3. The van der Waals surface area contributed by atoms with Gasteiger partial charge in [0.25, 0.3) is 0 Å². The molecule has 4 aliphatic rings. The standard InChI is InChI=1S/C30H52/c1-7-22-16-18-29(5)24(20-22)12-13-25-27-15-14-26(30(27,6)19-17-28(25)29)23(8-2)11-9-10-21(3)4/h12,21-23,25-28H,7-11,13-20H2,1-6H3/t22-,23+,25?,26+,27?,28?,29-,30+/m0/s1. The fourth-order valence-corrected chi connectivity index (χ4v) is 9.38. The summed E-state index contributed by atoms with van der Waals surface area (Å²) in [6.07, 6.45) is 21.9. The maximum Gasteiger partial charge on any atom is -0.00851 e. The minimum Gasteiger partial charge on any atom is -0.0845 e. The van der Waals surface area contributed by atoms with Gasteiger partial charge < -0.3 is 0 Å². The van der Waals surface area contributed by atoms with Crippen LogP contribution in [-0.4, -0.2) is 0 Å². The highest BCUT2D eigenvalue weighted by molar-refractivity contribution is 5.25. The van der Waals surface area contributed by atoms with Crippen LogP contribution in [0.15, 0.2) is 11.6 Å². The van der Waals surface area contributed by atoms with Crippen LogP contribution in [0, 0.1) is 52.3 Å². The van der Waals surface area contributed by atoms with Gasteiger partial charge >= 0.3 is 0 Å². The van der Waals surface area contributed by atoms with Crippen molar-refractivity contribution in [3.63, 3.8) is 0 Å². The van der Waals surface area contributed by atoms with Gasteiger partial charge in [-0.1, -0.05) is 85.3 Å². The van der Waals surface area contributed by atoms with E-state index in [0.29, 0.717) is 10.8 Å². The van der Waals surface area contributed by atoms with Crippen LogP contribution in [0.3, 0.4) is 0 Å². The molecular formula is C30H52. The molecule has 0 amide bonds. The van der Waals surface area contributed by atoms with Crippen molar-refractivity contribution in [2.75, 3.05) is 0 Å². The molecule has 4 aliphatic carbocycles. The van der Waals surface area contributed by atoms with Gasteiger partial charge in [-0.05, 0) is 104 Å². The van der Waals surface area contributed by atoms with Gasteiger partial charge in [0.2, 0.25) is 0 Å². The summed E-state index contributed by atoms with van der Waals surface area (Å²) in [5.41, 5.74) is 3.08. The van der Waals surface area contributed by atoms with Crippen molar-refractivity contribution in [3.05, 3.63) is 11.6 Å². The molecule has 0 saturated heterocycles. The lowest BCUT2D eigenvalue weighted by molar-refractivity contribution is -0.0545. The van der Waals surface area contributed by atoms with E-state index in [1.807, 2.05) is 5.57 Å². The van der Waals surface area contributed by atoms with Gasteiger partial charge in [-0.2, -0.15) is 0 Å². The van der Waals surface area contributed by atoms with Crippen molar-refractivity contribution in [2.45, 2.75) is 125 Å². The molecule has 0 aromatic rings. The van der Waals surface area contributed by atoms with Crippen LogP contribution in [0.1, 0.15) is 125 Å². The molecule has 4 rings (SSSR count). The van der Waals surface area contributed by atoms with Gasteiger partial charge in [0.15, 0.2) is 0 Å². The van der Waals surface area contributed by atoms with Gasteiger partial charge in [0.1, 0.15) is 0 Å². The second-order valence-corrected chi connectivity index (χ2v) is 13.0. The molecule has 0 bridgehead atoms. The normalized spacial score (nSPS) is 44.2. The molecule has 172 valence electrons. The molecule has 0 nitrogen and oxygen atoms in total. The summed E-state index contributed by atoms with van der Waals surface area (Å²) >= 11 is 0. The van der Waals surface area contributed by atoms with E-state index in [4.69, 9.17) is 0 Å². The molecule has 8 atom stereocenters. The van der Waals surface area contributed by atoms with E-state index in [1.165, 1.54) is 77.0 Å². The van der Waals surface area contributed by atoms with E-state index in [0.717, 1.165) is 41.4 Å². The maximum atomic E-state index is 2.78. The molecule has 0 heterocycles. The van der Waals surface area contributed by atoms with E-state index in [1.54, 1.807) is 6.42 Å². The number of rotatable bonds is 7. The minimum absolute atomic E-state index is 0.551. The summed E-state index contributed by atoms with van der Waals surface area (Å²) in [5, 5.41) is 0. The third-order valence-electron chi connectivity index (χ3n) is 11.3. The van der Waals surface area contributed by atoms with Gasteiger partial charge in [0, 0.05) is 0 Å². The molecule has 0 spiro atoms. The number of hydrogen-bond donors (Lipinski definition) is 0. The summed E-state index contributed by atoms with van der Waals surface area (Å²) in [6, 6.07) is 0. The van der Waals surface area contributed by atoms with E-state index in [2.05, 4.69) is 47.6 Å². The van der Waals surface area contributed by atoms with Crippen LogP contribution in [0.2, 0.25) is 0 Å². The van der Waals surface area contributed by atoms with Crippen LogP contribution in [-0.2, 0) is 0 Å². The van der Waals surface area contributed by atoms with Crippen molar-refractivity contribution < 1.29 is 0 Å². The third-order valence-corrected chi connectivity index (χ3v) is 11.3. The molecule has 0 N–H and O–H groups in total. The number of allylic oxidation sites excluding steroid dienone is 2. The molecule has 0 radical (unpaired) electrons. The van der Waals surface area contributed by atoms with Crippen molar-refractivity contribution in [1.29, 1.82) is 0 Å².